The van der Waals surface area contributed by atoms with E-state index >= 15 is 0 Å². The summed E-state index contributed by atoms with van der Waals surface area (Å²) in [5, 5.41) is 8.41. The monoisotopic (exact) mass is 152 g/mol. The lowest BCUT2D eigenvalue weighted by Gasteiger charge is -2.18. The van der Waals surface area contributed by atoms with Gasteiger partial charge in [0, 0.05) is 19.0 Å². The summed E-state index contributed by atoms with van der Waals surface area (Å²) in [5.41, 5.74) is 0. The number of hydrogen-bond donors (Lipinski definition) is 0. The Labute approximate surface area is 68.8 Å². The number of rotatable bonds is 5. The maximum absolute atomic E-state index is 8.41. The zero-order chi connectivity index (χ0) is 8.10. The maximum atomic E-state index is 8.41. The fraction of sp³-hybridized carbons (Fsp3) is 0.889. The predicted molar refractivity (Wildman–Crippen MR) is 45.1 cm³/mol. The van der Waals surface area contributed by atoms with E-state index in [4.69, 9.17) is 5.26 Å². The Morgan fingerprint density at radius 3 is 2.64 bits per heavy atom. The van der Waals surface area contributed by atoms with E-state index in [2.05, 4.69) is 17.9 Å². The van der Waals surface area contributed by atoms with Gasteiger partial charge >= 0.3 is 0 Å². The van der Waals surface area contributed by atoms with E-state index in [0.29, 0.717) is 6.42 Å². The Hall–Kier alpha value is -0.550. The molecular weight excluding hydrogens is 136 g/mol. The van der Waals surface area contributed by atoms with Crippen LogP contribution < -0.4 is 0 Å². The third-order valence-corrected chi connectivity index (χ3v) is 2.08. The second-order valence-electron chi connectivity index (χ2n) is 3.18. The highest BCUT2D eigenvalue weighted by Crippen LogP contribution is 2.26. The quantitative estimate of drug-likeness (QED) is 0.600. The van der Waals surface area contributed by atoms with Gasteiger partial charge in [-0.05, 0) is 25.8 Å². The van der Waals surface area contributed by atoms with Crippen LogP contribution in [0.3, 0.4) is 0 Å². The number of hydrogen-bond acceptors (Lipinski definition) is 2. The molecule has 0 heterocycles. The molecule has 0 saturated heterocycles. The van der Waals surface area contributed by atoms with Crippen molar-refractivity contribution in [1.29, 1.82) is 5.26 Å². The lowest BCUT2D eigenvalue weighted by molar-refractivity contribution is 0.270. The largest absolute Gasteiger partial charge is 0.299 e. The third-order valence-electron chi connectivity index (χ3n) is 2.08. The highest BCUT2D eigenvalue weighted by atomic mass is 15.2. The summed E-state index contributed by atoms with van der Waals surface area (Å²) in [6.45, 7) is 4.35. The molecule has 0 aromatic carbocycles. The molecule has 1 rings (SSSR count). The van der Waals surface area contributed by atoms with Crippen molar-refractivity contribution in [1.82, 2.24) is 4.90 Å². The van der Waals surface area contributed by atoms with Crippen molar-refractivity contribution < 1.29 is 0 Å². The van der Waals surface area contributed by atoms with Gasteiger partial charge in [0.25, 0.3) is 0 Å². The van der Waals surface area contributed by atoms with Crippen LogP contribution in [-0.4, -0.2) is 24.0 Å². The Kier molecular flexibility index (Phi) is 3.38. The Morgan fingerprint density at radius 1 is 1.45 bits per heavy atom. The zero-order valence-corrected chi connectivity index (χ0v) is 7.21. The van der Waals surface area contributed by atoms with E-state index in [-0.39, 0.29) is 0 Å². The van der Waals surface area contributed by atoms with Crippen LogP contribution in [0.5, 0.6) is 0 Å². The summed E-state index contributed by atoms with van der Waals surface area (Å²) in [6.07, 6.45) is 4.61. The first-order valence-electron chi connectivity index (χ1n) is 4.49. The zero-order valence-electron chi connectivity index (χ0n) is 7.21. The van der Waals surface area contributed by atoms with Crippen LogP contribution in [0.1, 0.15) is 32.6 Å². The standard InChI is InChI=1S/C9H16N2/c1-2-7-11(8-3-6-10)9-4-5-9/h9H,2-5,7-8H2,1H3. The van der Waals surface area contributed by atoms with E-state index in [1.54, 1.807) is 0 Å². The molecule has 0 spiro atoms. The predicted octanol–water partition coefficient (Wildman–Crippen LogP) is 1.77. The molecule has 62 valence electrons. The van der Waals surface area contributed by atoms with Crippen molar-refractivity contribution >= 4 is 0 Å². The summed E-state index contributed by atoms with van der Waals surface area (Å²) in [4.78, 5) is 2.45. The van der Waals surface area contributed by atoms with E-state index in [1.165, 1.54) is 25.8 Å². The minimum atomic E-state index is 0.691. The van der Waals surface area contributed by atoms with Crippen LogP contribution >= 0.6 is 0 Å². The average molecular weight is 152 g/mol. The van der Waals surface area contributed by atoms with E-state index < -0.39 is 0 Å². The molecule has 0 aromatic heterocycles. The third kappa shape index (κ3) is 2.90. The summed E-state index contributed by atoms with van der Waals surface area (Å²) in [6, 6.07) is 3.02. The van der Waals surface area contributed by atoms with E-state index in [9.17, 15) is 0 Å². The molecule has 11 heavy (non-hydrogen) atoms. The summed E-state index contributed by atoms with van der Waals surface area (Å²) in [7, 11) is 0. The van der Waals surface area contributed by atoms with Gasteiger partial charge in [0.1, 0.15) is 0 Å². The average Bonchev–Trinajstić information content (AvgIpc) is 2.80. The molecule has 2 heteroatoms. The van der Waals surface area contributed by atoms with Crippen molar-refractivity contribution in [2.45, 2.75) is 38.6 Å². The number of nitrogens with zero attached hydrogens (tertiary/aromatic N) is 2. The molecular formula is C9H16N2. The van der Waals surface area contributed by atoms with Gasteiger partial charge in [-0.1, -0.05) is 6.92 Å². The fourth-order valence-corrected chi connectivity index (χ4v) is 1.40. The topological polar surface area (TPSA) is 27.0 Å². The summed E-state index contributed by atoms with van der Waals surface area (Å²) < 4.78 is 0. The highest BCUT2D eigenvalue weighted by Gasteiger charge is 2.27. The van der Waals surface area contributed by atoms with Gasteiger partial charge in [-0.2, -0.15) is 5.26 Å². The van der Waals surface area contributed by atoms with Gasteiger partial charge < -0.3 is 0 Å². The van der Waals surface area contributed by atoms with Crippen molar-refractivity contribution in [3.63, 3.8) is 0 Å². The first-order valence-corrected chi connectivity index (χ1v) is 4.49. The minimum Gasteiger partial charge on any atom is -0.299 e. The maximum Gasteiger partial charge on any atom is 0.0635 e. The van der Waals surface area contributed by atoms with Crippen molar-refractivity contribution in [3.8, 4) is 6.07 Å². The molecule has 0 atom stereocenters. The first kappa shape index (κ1) is 8.55. The van der Waals surface area contributed by atoms with Gasteiger partial charge in [0.2, 0.25) is 0 Å². The molecule has 0 radical (unpaired) electrons. The van der Waals surface area contributed by atoms with Crippen LogP contribution in [-0.2, 0) is 0 Å². The molecule has 0 bridgehead atoms. The van der Waals surface area contributed by atoms with E-state index in [0.717, 1.165) is 12.6 Å². The second-order valence-corrected chi connectivity index (χ2v) is 3.18. The van der Waals surface area contributed by atoms with Crippen LogP contribution in [0.2, 0.25) is 0 Å². The van der Waals surface area contributed by atoms with Crippen LogP contribution in [0, 0.1) is 11.3 Å². The minimum absolute atomic E-state index is 0.691. The van der Waals surface area contributed by atoms with Crippen molar-refractivity contribution in [2.75, 3.05) is 13.1 Å². The van der Waals surface area contributed by atoms with Crippen LogP contribution in [0.15, 0.2) is 0 Å². The molecule has 0 aromatic rings. The van der Waals surface area contributed by atoms with Gasteiger partial charge in [-0.15, -0.1) is 0 Å². The molecule has 1 aliphatic carbocycles. The summed E-state index contributed by atoms with van der Waals surface area (Å²) >= 11 is 0. The van der Waals surface area contributed by atoms with Crippen LogP contribution in [0.4, 0.5) is 0 Å². The molecule has 2 nitrogen and oxygen atoms in total. The smallest absolute Gasteiger partial charge is 0.0635 e. The van der Waals surface area contributed by atoms with Gasteiger partial charge in [0.15, 0.2) is 0 Å². The lowest BCUT2D eigenvalue weighted by Crippen LogP contribution is -2.27. The summed E-state index contributed by atoms with van der Waals surface area (Å²) in [5.74, 6) is 0. The van der Waals surface area contributed by atoms with Crippen molar-refractivity contribution in [3.05, 3.63) is 0 Å². The van der Waals surface area contributed by atoms with Gasteiger partial charge in [0.05, 0.1) is 6.07 Å². The molecule has 1 fully saturated rings. The van der Waals surface area contributed by atoms with E-state index in [1.807, 2.05) is 0 Å². The lowest BCUT2D eigenvalue weighted by atomic mass is 10.3. The van der Waals surface area contributed by atoms with Gasteiger partial charge in [-0.25, -0.2) is 0 Å². The fourth-order valence-electron chi connectivity index (χ4n) is 1.40. The Balaban J connectivity index is 2.16. The molecule has 0 unspecified atom stereocenters. The Bertz CT molecular complexity index is 144. The first-order chi connectivity index (χ1) is 5.38. The number of nitriles is 1. The molecule has 1 saturated carbocycles. The molecule has 0 amide bonds. The molecule has 0 aliphatic heterocycles. The Morgan fingerprint density at radius 2 is 2.18 bits per heavy atom. The van der Waals surface area contributed by atoms with Crippen molar-refractivity contribution in [2.24, 2.45) is 0 Å². The van der Waals surface area contributed by atoms with Crippen LogP contribution in [0.25, 0.3) is 0 Å². The second kappa shape index (κ2) is 4.35. The normalized spacial score (nSPS) is 16.8. The molecule has 0 N–H and O–H groups in total. The SMILES string of the molecule is CCCN(CCC#N)C1CC1. The highest BCUT2D eigenvalue weighted by molar-refractivity contribution is 4.86. The van der Waals surface area contributed by atoms with Gasteiger partial charge in [-0.3, -0.25) is 4.90 Å². The molecule has 1 aliphatic rings.